The van der Waals surface area contributed by atoms with Crippen LogP contribution in [-0.2, 0) is 4.79 Å². The van der Waals surface area contributed by atoms with Gasteiger partial charge in [0.25, 0.3) is 5.91 Å². The van der Waals surface area contributed by atoms with Crippen molar-refractivity contribution in [2.45, 2.75) is 65.2 Å². The van der Waals surface area contributed by atoms with Crippen LogP contribution >= 0.6 is 11.8 Å². The molecular formula is C19H31NO2S. The highest BCUT2D eigenvalue weighted by molar-refractivity contribution is 8.00. The molecule has 0 fully saturated rings. The summed E-state index contributed by atoms with van der Waals surface area (Å²) in [7, 11) is 0. The Bertz CT molecular complexity index is 521. The predicted molar refractivity (Wildman–Crippen MR) is 101 cm³/mol. The summed E-state index contributed by atoms with van der Waals surface area (Å²) in [6, 6.07) is 6.17. The number of ether oxygens (including phenoxy) is 1. The van der Waals surface area contributed by atoms with Gasteiger partial charge in [0.05, 0.1) is 0 Å². The van der Waals surface area contributed by atoms with E-state index in [1.165, 1.54) is 0 Å². The number of hydrogen-bond donors (Lipinski definition) is 1. The van der Waals surface area contributed by atoms with Crippen molar-refractivity contribution in [2.24, 2.45) is 0 Å². The van der Waals surface area contributed by atoms with Gasteiger partial charge in [-0.2, -0.15) is 11.8 Å². The first-order chi connectivity index (χ1) is 10.6. The summed E-state index contributed by atoms with van der Waals surface area (Å²) in [6.45, 7) is 15.3. The van der Waals surface area contributed by atoms with Crippen LogP contribution in [0.3, 0.4) is 0 Å². The van der Waals surface area contributed by atoms with Gasteiger partial charge >= 0.3 is 0 Å². The van der Waals surface area contributed by atoms with Gasteiger partial charge in [0, 0.05) is 17.0 Å². The van der Waals surface area contributed by atoms with Crippen molar-refractivity contribution in [3.05, 3.63) is 29.3 Å². The third-order valence-corrected chi connectivity index (χ3v) is 4.67. The van der Waals surface area contributed by atoms with E-state index in [9.17, 15) is 4.79 Å². The summed E-state index contributed by atoms with van der Waals surface area (Å²) in [4.78, 5) is 12.2. The number of benzene rings is 1. The van der Waals surface area contributed by atoms with Gasteiger partial charge in [0.1, 0.15) is 5.75 Å². The van der Waals surface area contributed by atoms with Crippen molar-refractivity contribution in [2.75, 3.05) is 12.3 Å². The number of rotatable bonds is 7. The van der Waals surface area contributed by atoms with Crippen LogP contribution in [0.15, 0.2) is 18.2 Å². The Morgan fingerprint density at radius 1 is 1.26 bits per heavy atom. The monoisotopic (exact) mass is 337 g/mol. The van der Waals surface area contributed by atoms with Gasteiger partial charge in [-0.15, -0.1) is 0 Å². The molecule has 1 rings (SSSR count). The molecule has 0 radical (unpaired) electrons. The largest absolute Gasteiger partial charge is 0.481 e. The molecule has 23 heavy (non-hydrogen) atoms. The maximum atomic E-state index is 12.2. The van der Waals surface area contributed by atoms with Crippen molar-refractivity contribution < 1.29 is 9.53 Å². The summed E-state index contributed by atoms with van der Waals surface area (Å²) < 4.78 is 6.15. The number of hydrogen-bond acceptors (Lipinski definition) is 3. The molecule has 0 heterocycles. The maximum Gasteiger partial charge on any atom is 0.260 e. The van der Waals surface area contributed by atoms with Crippen LogP contribution in [0.25, 0.3) is 0 Å². The van der Waals surface area contributed by atoms with E-state index in [2.05, 4.69) is 52.1 Å². The minimum atomic E-state index is -0.492. The summed E-state index contributed by atoms with van der Waals surface area (Å²) in [5, 5.41) is 2.95. The van der Waals surface area contributed by atoms with Crippen molar-refractivity contribution >= 4 is 17.7 Å². The Labute approximate surface area is 145 Å². The van der Waals surface area contributed by atoms with Gasteiger partial charge in [-0.25, -0.2) is 0 Å². The Morgan fingerprint density at radius 2 is 1.91 bits per heavy atom. The summed E-state index contributed by atoms with van der Waals surface area (Å²) >= 11 is 1.84. The molecular weight excluding hydrogens is 306 g/mol. The zero-order valence-electron chi connectivity index (χ0n) is 15.5. The summed E-state index contributed by atoms with van der Waals surface area (Å²) in [6.07, 6.45) is -0.492. The zero-order valence-corrected chi connectivity index (χ0v) is 16.3. The van der Waals surface area contributed by atoms with E-state index >= 15 is 0 Å². The molecule has 1 amide bonds. The van der Waals surface area contributed by atoms with Crippen LogP contribution < -0.4 is 10.1 Å². The number of nitrogens with one attached hydrogen (secondary N) is 1. The minimum absolute atomic E-state index is 0.0595. The molecule has 1 aromatic rings. The summed E-state index contributed by atoms with van der Waals surface area (Å²) in [5.41, 5.74) is 2.28. The lowest BCUT2D eigenvalue weighted by molar-refractivity contribution is -0.127. The molecule has 130 valence electrons. The fourth-order valence-corrected chi connectivity index (χ4v) is 2.96. The second kappa shape index (κ2) is 8.62. The molecule has 1 unspecified atom stereocenters. The molecule has 1 atom stereocenters. The number of thioether (sulfide) groups is 1. The molecule has 0 aliphatic carbocycles. The average molecular weight is 338 g/mol. The fourth-order valence-electron chi connectivity index (χ4n) is 2.14. The van der Waals surface area contributed by atoms with Crippen molar-refractivity contribution in [1.82, 2.24) is 5.32 Å². The van der Waals surface area contributed by atoms with E-state index in [1.807, 2.05) is 24.8 Å². The molecule has 1 aromatic carbocycles. The predicted octanol–water partition coefficient (Wildman–Crippen LogP) is 4.53. The molecule has 0 aliphatic rings. The topological polar surface area (TPSA) is 38.3 Å². The van der Waals surface area contributed by atoms with Gasteiger partial charge in [-0.3, -0.25) is 4.79 Å². The average Bonchev–Trinajstić information content (AvgIpc) is 2.42. The van der Waals surface area contributed by atoms with Crippen molar-refractivity contribution in [1.29, 1.82) is 0 Å². The second-order valence-electron chi connectivity index (χ2n) is 7.21. The van der Waals surface area contributed by atoms with Gasteiger partial charge < -0.3 is 10.1 Å². The maximum absolute atomic E-state index is 12.2. The van der Waals surface area contributed by atoms with Gasteiger partial charge in [0.2, 0.25) is 0 Å². The molecule has 0 aliphatic heterocycles. The third-order valence-electron chi connectivity index (χ3n) is 3.40. The number of amides is 1. The Balaban J connectivity index is 2.57. The van der Waals surface area contributed by atoms with Crippen LogP contribution in [0.1, 0.15) is 58.6 Å². The molecule has 0 saturated carbocycles. The number of carbonyl (C=O) groups excluding carboxylic acids is 1. The van der Waals surface area contributed by atoms with E-state index in [-0.39, 0.29) is 10.7 Å². The quantitative estimate of drug-likeness (QED) is 0.743. The lowest BCUT2D eigenvalue weighted by Crippen LogP contribution is -2.37. The first-order valence-corrected chi connectivity index (χ1v) is 9.27. The number of aryl methyl sites for hydroxylation is 1. The molecule has 3 nitrogen and oxygen atoms in total. The molecule has 1 N–H and O–H groups in total. The lowest BCUT2D eigenvalue weighted by atomic mass is 10.0. The molecule has 0 aromatic heterocycles. The van der Waals surface area contributed by atoms with E-state index in [0.29, 0.717) is 12.5 Å². The Morgan fingerprint density at radius 3 is 2.48 bits per heavy atom. The van der Waals surface area contributed by atoms with Crippen LogP contribution in [0, 0.1) is 6.92 Å². The second-order valence-corrected chi connectivity index (χ2v) is 9.13. The van der Waals surface area contributed by atoms with Crippen molar-refractivity contribution in [3.8, 4) is 5.75 Å². The molecule has 0 saturated heterocycles. The first kappa shape index (κ1) is 19.9. The van der Waals surface area contributed by atoms with Crippen molar-refractivity contribution in [3.63, 3.8) is 0 Å². The molecule has 4 heteroatoms. The molecule has 0 bridgehead atoms. The van der Waals surface area contributed by atoms with Gasteiger partial charge in [-0.05, 0) is 37.0 Å². The van der Waals surface area contributed by atoms with E-state index in [1.54, 1.807) is 6.92 Å². The third kappa shape index (κ3) is 7.30. The highest BCUT2D eigenvalue weighted by atomic mass is 32.2. The van der Waals surface area contributed by atoms with E-state index < -0.39 is 6.10 Å². The van der Waals surface area contributed by atoms with E-state index in [4.69, 9.17) is 4.74 Å². The van der Waals surface area contributed by atoms with Crippen LogP contribution in [0.5, 0.6) is 5.75 Å². The summed E-state index contributed by atoms with van der Waals surface area (Å²) in [5.74, 6) is 2.02. The lowest BCUT2D eigenvalue weighted by Gasteiger charge is -2.20. The van der Waals surface area contributed by atoms with Crippen LogP contribution in [0.2, 0.25) is 0 Å². The minimum Gasteiger partial charge on any atom is -0.481 e. The zero-order chi connectivity index (χ0) is 17.6. The number of carbonyl (C=O) groups is 1. The molecule has 0 spiro atoms. The van der Waals surface area contributed by atoms with Crippen LogP contribution in [0.4, 0.5) is 0 Å². The normalized spacial score (nSPS) is 13.0. The van der Waals surface area contributed by atoms with Gasteiger partial charge in [-0.1, -0.05) is 46.8 Å². The standard InChI is InChI=1S/C19H31NO2S/c1-13(2)16-9-8-14(3)12-17(16)22-15(4)18(21)20-10-11-23-19(5,6)7/h8-9,12-13,15H,10-11H2,1-7H3,(H,20,21). The highest BCUT2D eigenvalue weighted by Crippen LogP contribution is 2.28. The highest BCUT2D eigenvalue weighted by Gasteiger charge is 2.18. The Kier molecular flexibility index (Phi) is 7.46. The van der Waals surface area contributed by atoms with Crippen LogP contribution in [-0.4, -0.2) is 29.1 Å². The SMILES string of the molecule is Cc1ccc(C(C)C)c(OC(C)C(=O)NCCSC(C)(C)C)c1. The first-order valence-electron chi connectivity index (χ1n) is 8.29. The smallest absolute Gasteiger partial charge is 0.260 e. The fraction of sp³-hybridized carbons (Fsp3) is 0.632. The van der Waals surface area contributed by atoms with E-state index in [0.717, 1.165) is 22.6 Å². The Hall–Kier alpha value is -1.16. The van der Waals surface area contributed by atoms with Gasteiger partial charge in [0.15, 0.2) is 6.10 Å².